The Kier molecular flexibility index (Phi) is 10.1. The first-order chi connectivity index (χ1) is 11.8. The Hall–Kier alpha value is -0.900. The van der Waals surface area contributed by atoms with Gasteiger partial charge in [-0.05, 0) is 64.1 Å². The van der Waals surface area contributed by atoms with Crippen molar-refractivity contribution in [2.75, 3.05) is 46.1 Å². The second-order valence-electron chi connectivity index (χ2n) is 6.92. The van der Waals surface area contributed by atoms with Crippen LogP contribution in [0.15, 0.2) is 24.3 Å². The molecule has 1 aromatic rings. The summed E-state index contributed by atoms with van der Waals surface area (Å²) in [5.41, 5.74) is 2.73. The van der Waals surface area contributed by atoms with Gasteiger partial charge in [0.25, 0.3) is 0 Å². The zero-order valence-corrected chi connectivity index (χ0v) is 15.5. The molecule has 1 aliphatic rings. The van der Waals surface area contributed by atoms with Crippen LogP contribution in [-0.4, -0.2) is 51.0 Å². The minimum atomic E-state index is 0.819. The molecule has 0 atom stereocenters. The Labute approximate surface area is 148 Å². The van der Waals surface area contributed by atoms with E-state index in [1.165, 1.54) is 50.0 Å². The van der Waals surface area contributed by atoms with Gasteiger partial charge in [-0.25, -0.2) is 0 Å². The van der Waals surface area contributed by atoms with E-state index in [2.05, 4.69) is 36.1 Å². The summed E-state index contributed by atoms with van der Waals surface area (Å²) in [6, 6.07) is 8.79. The molecule has 2 rings (SSSR count). The number of benzene rings is 1. The minimum Gasteiger partial charge on any atom is -0.381 e. The van der Waals surface area contributed by atoms with Crippen LogP contribution in [0.25, 0.3) is 0 Å². The smallest absolute Gasteiger partial charge is 0.0487 e. The molecule has 0 saturated carbocycles. The van der Waals surface area contributed by atoms with Gasteiger partial charge in [0, 0.05) is 33.0 Å². The van der Waals surface area contributed by atoms with Crippen molar-refractivity contribution in [2.24, 2.45) is 0 Å². The van der Waals surface area contributed by atoms with Crippen molar-refractivity contribution in [1.29, 1.82) is 0 Å². The topological polar surface area (TPSA) is 21.7 Å². The molecule has 0 aliphatic carbocycles. The van der Waals surface area contributed by atoms with E-state index in [1.54, 1.807) is 0 Å². The van der Waals surface area contributed by atoms with E-state index in [0.29, 0.717) is 0 Å². The van der Waals surface area contributed by atoms with Gasteiger partial charge >= 0.3 is 0 Å². The molecule has 24 heavy (non-hydrogen) atoms. The molecule has 1 heterocycles. The van der Waals surface area contributed by atoms with Gasteiger partial charge < -0.3 is 14.4 Å². The van der Waals surface area contributed by atoms with Crippen LogP contribution in [0.5, 0.6) is 0 Å². The van der Waals surface area contributed by atoms with Crippen molar-refractivity contribution < 1.29 is 9.47 Å². The molecule has 0 amide bonds. The first-order valence-corrected chi connectivity index (χ1v) is 9.78. The quantitative estimate of drug-likeness (QED) is 0.534. The van der Waals surface area contributed by atoms with Crippen molar-refractivity contribution in [3.05, 3.63) is 35.4 Å². The maximum atomic E-state index is 5.71. The number of aryl methyl sites for hydroxylation is 2. The number of rotatable bonds is 12. The van der Waals surface area contributed by atoms with Crippen LogP contribution >= 0.6 is 0 Å². The Morgan fingerprint density at radius 2 is 1.42 bits per heavy atom. The summed E-state index contributed by atoms with van der Waals surface area (Å²) in [6.07, 6.45) is 8.54. The van der Waals surface area contributed by atoms with Crippen LogP contribution in [0.4, 0.5) is 0 Å². The second kappa shape index (κ2) is 12.5. The molecule has 136 valence electrons. The highest BCUT2D eigenvalue weighted by molar-refractivity contribution is 5.21. The Morgan fingerprint density at radius 3 is 2.12 bits per heavy atom. The van der Waals surface area contributed by atoms with E-state index in [9.17, 15) is 0 Å². The SMILES string of the molecule is Cc1ccc(CCCOCCCOCCCN2CCCCC2)cc1. The van der Waals surface area contributed by atoms with Gasteiger partial charge in [-0.15, -0.1) is 0 Å². The molecule has 0 unspecified atom stereocenters. The van der Waals surface area contributed by atoms with Crippen molar-refractivity contribution in [1.82, 2.24) is 4.90 Å². The summed E-state index contributed by atoms with van der Waals surface area (Å²) in [6.45, 7) is 9.30. The third-order valence-corrected chi connectivity index (χ3v) is 4.66. The maximum absolute atomic E-state index is 5.71. The second-order valence-corrected chi connectivity index (χ2v) is 6.92. The van der Waals surface area contributed by atoms with Crippen LogP contribution in [0.2, 0.25) is 0 Å². The minimum absolute atomic E-state index is 0.819. The monoisotopic (exact) mass is 333 g/mol. The Bertz CT molecular complexity index is 412. The van der Waals surface area contributed by atoms with Gasteiger partial charge in [0.15, 0.2) is 0 Å². The summed E-state index contributed by atoms with van der Waals surface area (Å²) < 4.78 is 11.4. The molecule has 0 aromatic heterocycles. The average molecular weight is 334 g/mol. The zero-order chi connectivity index (χ0) is 16.9. The molecule has 3 heteroatoms. The van der Waals surface area contributed by atoms with Crippen molar-refractivity contribution in [3.8, 4) is 0 Å². The number of hydrogen-bond donors (Lipinski definition) is 0. The first-order valence-electron chi connectivity index (χ1n) is 9.78. The lowest BCUT2D eigenvalue weighted by atomic mass is 10.1. The predicted molar refractivity (Wildman–Crippen MR) is 101 cm³/mol. The van der Waals surface area contributed by atoms with Crippen LogP contribution < -0.4 is 0 Å². The molecule has 0 N–H and O–H groups in total. The fourth-order valence-electron chi connectivity index (χ4n) is 3.17. The van der Waals surface area contributed by atoms with Crippen LogP contribution in [0.1, 0.15) is 49.7 Å². The predicted octanol–water partition coefficient (Wildman–Crippen LogP) is 4.23. The molecule has 3 nitrogen and oxygen atoms in total. The largest absolute Gasteiger partial charge is 0.381 e. The molecule has 1 saturated heterocycles. The third kappa shape index (κ3) is 8.81. The maximum Gasteiger partial charge on any atom is 0.0487 e. The lowest BCUT2D eigenvalue weighted by Crippen LogP contribution is -2.31. The summed E-state index contributed by atoms with van der Waals surface area (Å²) >= 11 is 0. The molecule has 0 radical (unpaired) electrons. The standard InChI is InChI=1S/C21H35NO2/c1-20-9-11-21(12-10-20)8-5-16-23-18-7-19-24-17-6-15-22-13-3-2-4-14-22/h9-12H,2-8,13-19H2,1H3. The summed E-state index contributed by atoms with van der Waals surface area (Å²) in [4.78, 5) is 2.57. The third-order valence-electron chi connectivity index (χ3n) is 4.66. The van der Waals surface area contributed by atoms with Gasteiger partial charge in [0.05, 0.1) is 0 Å². The van der Waals surface area contributed by atoms with E-state index >= 15 is 0 Å². The lowest BCUT2D eigenvalue weighted by Gasteiger charge is -2.26. The molecule has 1 aliphatic heterocycles. The molecule has 0 spiro atoms. The van der Waals surface area contributed by atoms with Gasteiger partial charge in [-0.1, -0.05) is 36.2 Å². The number of piperidine rings is 1. The highest BCUT2D eigenvalue weighted by Crippen LogP contribution is 2.08. The zero-order valence-electron chi connectivity index (χ0n) is 15.5. The van der Waals surface area contributed by atoms with Gasteiger partial charge in [0.1, 0.15) is 0 Å². The van der Waals surface area contributed by atoms with Gasteiger partial charge in [0.2, 0.25) is 0 Å². The summed E-state index contributed by atoms with van der Waals surface area (Å²) in [5.74, 6) is 0. The normalized spacial score (nSPS) is 15.7. The fraction of sp³-hybridized carbons (Fsp3) is 0.714. The average Bonchev–Trinajstić information content (AvgIpc) is 2.62. The Balaban J connectivity index is 1.32. The van der Waals surface area contributed by atoms with Crippen LogP contribution in [0.3, 0.4) is 0 Å². The number of nitrogens with zero attached hydrogens (tertiary/aromatic N) is 1. The van der Waals surface area contributed by atoms with Crippen LogP contribution in [-0.2, 0) is 15.9 Å². The number of ether oxygens (including phenoxy) is 2. The van der Waals surface area contributed by atoms with E-state index in [-0.39, 0.29) is 0 Å². The van der Waals surface area contributed by atoms with E-state index in [4.69, 9.17) is 9.47 Å². The molecule has 0 bridgehead atoms. The number of hydrogen-bond acceptors (Lipinski definition) is 3. The van der Waals surface area contributed by atoms with E-state index < -0.39 is 0 Å². The fourth-order valence-corrected chi connectivity index (χ4v) is 3.17. The van der Waals surface area contributed by atoms with Gasteiger partial charge in [-0.2, -0.15) is 0 Å². The van der Waals surface area contributed by atoms with Crippen LogP contribution in [0, 0.1) is 6.92 Å². The number of likely N-dealkylation sites (tertiary alicyclic amines) is 1. The van der Waals surface area contributed by atoms with Crippen molar-refractivity contribution in [2.45, 2.75) is 51.9 Å². The highest BCUT2D eigenvalue weighted by Gasteiger charge is 2.08. The molecular weight excluding hydrogens is 298 g/mol. The summed E-state index contributed by atoms with van der Waals surface area (Å²) in [7, 11) is 0. The Morgan fingerprint density at radius 1 is 0.792 bits per heavy atom. The molecule has 1 aromatic carbocycles. The van der Waals surface area contributed by atoms with Crippen molar-refractivity contribution >= 4 is 0 Å². The highest BCUT2D eigenvalue weighted by atomic mass is 16.5. The lowest BCUT2D eigenvalue weighted by molar-refractivity contribution is 0.0764. The van der Waals surface area contributed by atoms with E-state index in [0.717, 1.165) is 52.1 Å². The molecule has 1 fully saturated rings. The van der Waals surface area contributed by atoms with E-state index in [1.807, 2.05) is 0 Å². The first kappa shape index (κ1) is 19.4. The van der Waals surface area contributed by atoms with Crippen molar-refractivity contribution in [3.63, 3.8) is 0 Å². The van der Waals surface area contributed by atoms with Gasteiger partial charge in [-0.3, -0.25) is 0 Å². The molecular formula is C21H35NO2. The summed E-state index contributed by atoms with van der Waals surface area (Å²) in [5, 5.41) is 0.